The van der Waals surface area contributed by atoms with Gasteiger partial charge in [0.1, 0.15) is 5.60 Å². The molecule has 0 spiro atoms. The van der Waals surface area contributed by atoms with Gasteiger partial charge in [-0.2, -0.15) is 0 Å². The van der Waals surface area contributed by atoms with Crippen LogP contribution >= 0.6 is 0 Å². The van der Waals surface area contributed by atoms with Crippen LogP contribution in [0.2, 0.25) is 0 Å². The summed E-state index contributed by atoms with van der Waals surface area (Å²) in [4.78, 5) is 13.9. The fourth-order valence-corrected chi connectivity index (χ4v) is 2.46. The van der Waals surface area contributed by atoms with Crippen molar-refractivity contribution in [2.75, 3.05) is 26.2 Å². The fourth-order valence-electron chi connectivity index (χ4n) is 2.46. The van der Waals surface area contributed by atoms with Crippen molar-refractivity contribution in [3.8, 4) is 0 Å². The molecule has 2 aliphatic rings. The molecule has 4 nitrogen and oxygen atoms in total. The van der Waals surface area contributed by atoms with E-state index in [4.69, 9.17) is 0 Å². The first-order valence-corrected chi connectivity index (χ1v) is 6.25. The molecule has 2 aliphatic heterocycles. The van der Waals surface area contributed by atoms with Crippen LogP contribution < -0.4 is 5.32 Å². The highest BCUT2D eigenvalue weighted by molar-refractivity contribution is 5.80. The smallest absolute Gasteiger partial charge is 0.227 e. The lowest BCUT2D eigenvalue weighted by atomic mass is 9.82. The van der Waals surface area contributed by atoms with E-state index in [1.54, 1.807) is 4.90 Å². The Balaban J connectivity index is 1.84. The Bertz CT molecular complexity index is 266. The zero-order valence-corrected chi connectivity index (χ0v) is 10.2. The molecule has 0 radical (unpaired) electrons. The Labute approximate surface area is 97.0 Å². The van der Waals surface area contributed by atoms with Crippen molar-refractivity contribution in [1.29, 1.82) is 0 Å². The average Bonchev–Trinajstić information content (AvgIpc) is 2.25. The van der Waals surface area contributed by atoms with Gasteiger partial charge in [-0.05, 0) is 25.3 Å². The molecular formula is C12H22N2O2. The minimum absolute atomic E-state index is 0.130. The number of likely N-dealkylation sites (tertiary alicyclic amines) is 1. The van der Waals surface area contributed by atoms with Crippen LogP contribution in [0.4, 0.5) is 0 Å². The second-order valence-corrected chi connectivity index (χ2v) is 5.50. The zero-order chi connectivity index (χ0) is 11.8. The maximum absolute atomic E-state index is 12.1. The summed E-state index contributed by atoms with van der Waals surface area (Å²) >= 11 is 0. The van der Waals surface area contributed by atoms with Crippen molar-refractivity contribution in [1.82, 2.24) is 10.2 Å². The summed E-state index contributed by atoms with van der Waals surface area (Å²) in [6.07, 6.45) is 2.07. The lowest BCUT2D eigenvalue weighted by molar-refractivity contribution is -0.168. The molecule has 92 valence electrons. The Morgan fingerprint density at radius 3 is 2.69 bits per heavy atom. The highest BCUT2D eigenvalue weighted by atomic mass is 16.3. The summed E-state index contributed by atoms with van der Waals surface area (Å²) in [6, 6.07) is 0. The quantitative estimate of drug-likeness (QED) is 0.708. The molecule has 4 heteroatoms. The highest BCUT2D eigenvalue weighted by Crippen LogP contribution is 2.30. The van der Waals surface area contributed by atoms with Crippen molar-refractivity contribution >= 4 is 5.91 Å². The Morgan fingerprint density at radius 2 is 2.19 bits per heavy atom. The molecule has 1 atom stereocenters. The number of amides is 1. The van der Waals surface area contributed by atoms with Crippen LogP contribution in [0.25, 0.3) is 0 Å². The van der Waals surface area contributed by atoms with Gasteiger partial charge in [0.05, 0.1) is 19.0 Å². The Kier molecular flexibility index (Phi) is 3.22. The zero-order valence-electron chi connectivity index (χ0n) is 10.2. The van der Waals surface area contributed by atoms with Crippen LogP contribution in [-0.4, -0.2) is 47.7 Å². The summed E-state index contributed by atoms with van der Waals surface area (Å²) in [5, 5.41) is 13.3. The molecule has 0 aromatic rings. The maximum Gasteiger partial charge on any atom is 0.227 e. The fraction of sp³-hybridized carbons (Fsp3) is 0.917. The van der Waals surface area contributed by atoms with Gasteiger partial charge in [0, 0.05) is 6.54 Å². The third kappa shape index (κ3) is 2.09. The number of β-amino-alcohol motifs (C(OH)–C–C–N with tert-alkyl or cyclic N) is 1. The van der Waals surface area contributed by atoms with E-state index < -0.39 is 5.60 Å². The van der Waals surface area contributed by atoms with E-state index in [1.165, 1.54) is 0 Å². The van der Waals surface area contributed by atoms with Gasteiger partial charge >= 0.3 is 0 Å². The number of rotatable bonds is 2. The number of hydrogen-bond acceptors (Lipinski definition) is 3. The standard InChI is InChI=1S/C12H22N2O2/c1-9(2)12(16)7-14(8-12)11(15)10-4-3-5-13-6-10/h9-10,13,16H,3-8H2,1-2H3/t10-/m1/s1. The number of nitrogens with one attached hydrogen (secondary N) is 1. The van der Waals surface area contributed by atoms with Crippen LogP contribution in [0, 0.1) is 11.8 Å². The Hall–Kier alpha value is -0.610. The van der Waals surface area contributed by atoms with Crippen LogP contribution in [0.5, 0.6) is 0 Å². The molecule has 2 heterocycles. The first-order chi connectivity index (χ1) is 7.53. The highest BCUT2D eigenvalue weighted by Gasteiger charge is 2.46. The summed E-state index contributed by atoms with van der Waals surface area (Å²) < 4.78 is 0. The lowest BCUT2D eigenvalue weighted by Crippen LogP contribution is -2.67. The molecule has 16 heavy (non-hydrogen) atoms. The minimum Gasteiger partial charge on any atom is -0.386 e. The third-order valence-electron chi connectivity index (χ3n) is 3.96. The number of carbonyl (C=O) groups is 1. The molecule has 0 unspecified atom stereocenters. The van der Waals surface area contributed by atoms with Crippen LogP contribution in [0.15, 0.2) is 0 Å². The van der Waals surface area contributed by atoms with Crippen molar-refractivity contribution in [2.45, 2.75) is 32.3 Å². The van der Waals surface area contributed by atoms with Gasteiger partial charge in [-0.1, -0.05) is 13.8 Å². The van der Waals surface area contributed by atoms with Gasteiger partial charge < -0.3 is 15.3 Å². The van der Waals surface area contributed by atoms with Gasteiger partial charge in [0.25, 0.3) is 0 Å². The normalized spacial score (nSPS) is 29.0. The van der Waals surface area contributed by atoms with Crippen LogP contribution in [-0.2, 0) is 4.79 Å². The first kappa shape index (κ1) is 11.9. The Morgan fingerprint density at radius 1 is 1.50 bits per heavy atom. The summed E-state index contributed by atoms with van der Waals surface area (Å²) in [5.74, 6) is 0.573. The number of piperidine rings is 1. The van der Waals surface area contributed by atoms with Crippen molar-refractivity contribution < 1.29 is 9.90 Å². The summed E-state index contributed by atoms with van der Waals surface area (Å²) in [5.41, 5.74) is -0.641. The molecule has 2 fully saturated rings. The molecule has 2 saturated heterocycles. The molecule has 2 rings (SSSR count). The van der Waals surface area contributed by atoms with E-state index in [2.05, 4.69) is 5.32 Å². The van der Waals surface area contributed by atoms with Crippen molar-refractivity contribution in [3.63, 3.8) is 0 Å². The monoisotopic (exact) mass is 226 g/mol. The number of nitrogens with zero attached hydrogens (tertiary/aromatic N) is 1. The van der Waals surface area contributed by atoms with E-state index in [0.29, 0.717) is 13.1 Å². The minimum atomic E-state index is -0.641. The van der Waals surface area contributed by atoms with Crippen molar-refractivity contribution in [2.24, 2.45) is 11.8 Å². The molecule has 1 amide bonds. The molecule has 0 saturated carbocycles. The van der Waals surface area contributed by atoms with Gasteiger partial charge in [0.2, 0.25) is 5.91 Å². The predicted molar refractivity (Wildman–Crippen MR) is 62.0 cm³/mol. The van der Waals surface area contributed by atoms with Gasteiger partial charge in [-0.15, -0.1) is 0 Å². The summed E-state index contributed by atoms with van der Waals surface area (Å²) in [6.45, 7) is 6.86. The first-order valence-electron chi connectivity index (χ1n) is 6.25. The maximum atomic E-state index is 12.1. The lowest BCUT2D eigenvalue weighted by Gasteiger charge is -2.50. The molecule has 0 aromatic carbocycles. The van der Waals surface area contributed by atoms with E-state index in [0.717, 1.165) is 25.9 Å². The van der Waals surface area contributed by atoms with Gasteiger partial charge in [0.15, 0.2) is 0 Å². The predicted octanol–water partition coefficient (Wildman–Crippen LogP) is 0.215. The molecule has 0 bridgehead atoms. The van der Waals surface area contributed by atoms with E-state index in [1.807, 2.05) is 13.8 Å². The summed E-state index contributed by atoms with van der Waals surface area (Å²) in [7, 11) is 0. The SMILES string of the molecule is CC(C)C1(O)CN(C(=O)[C@@H]2CCCNC2)C1. The molecule has 0 aromatic heterocycles. The van der Waals surface area contributed by atoms with Crippen molar-refractivity contribution in [3.05, 3.63) is 0 Å². The topological polar surface area (TPSA) is 52.6 Å². The number of hydrogen-bond donors (Lipinski definition) is 2. The third-order valence-corrected chi connectivity index (χ3v) is 3.96. The molecular weight excluding hydrogens is 204 g/mol. The van der Waals surface area contributed by atoms with E-state index >= 15 is 0 Å². The second kappa shape index (κ2) is 4.34. The number of aliphatic hydroxyl groups is 1. The second-order valence-electron chi connectivity index (χ2n) is 5.50. The van der Waals surface area contributed by atoms with Crippen LogP contribution in [0.1, 0.15) is 26.7 Å². The molecule has 2 N–H and O–H groups in total. The largest absolute Gasteiger partial charge is 0.386 e. The average molecular weight is 226 g/mol. The van der Waals surface area contributed by atoms with Gasteiger partial charge in [-0.25, -0.2) is 0 Å². The van der Waals surface area contributed by atoms with Crippen LogP contribution in [0.3, 0.4) is 0 Å². The number of carbonyl (C=O) groups excluding carboxylic acids is 1. The van der Waals surface area contributed by atoms with Gasteiger partial charge in [-0.3, -0.25) is 4.79 Å². The van der Waals surface area contributed by atoms with E-state index in [-0.39, 0.29) is 17.7 Å². The van der Waals surface area contributed by atoms with E-state index in [9.17, 15) is 9.90 Å². The molecule has 0 aliphatic carbocycles.